The molecule has 0 saturated heterocycles. The molecule has 9 nitrogen and oxygen atoms in total. The van der Waals surface area contributed by atoms with Gasteiger partial charge < -0.3 is 15.4 Å². The Kier molecular flexibility index (Phi) is 6.26. The maximum absolute atomic E-state index is 15.1. The molecule has 2 heterocycles. The number of hydrogen-bond donors (Lipinski definition) is 3. The van der Waals surface area contributed by atoms with E-state index in [-0.39, 0.29) is 30.6 Å². The zero-order valence-corrected chi connectivity index (χ0v) is 20.1. The van der Waals surface area contributed by atoms with Crippen molar-refractivity contribution in [2.75, 3.05) is 18.5 Å². The van der Waals surface area contributed by atoms with Gasteiger partial charge in [-0.3, -0.25) is 16.3 Å². The second kappa shape index (κ2) is 8.91. The van der Waals surface area contributed by atoms with E-state index >= 15 is 4.39 Å². The number of nitrogen functional groups attached to an aromatic ring is 1. The number of sulfone groups is 1. The predicted molar refractivity (Wildman–Crippen MR) is 129 cm³/mol. The number of benzene rings is 2. The van der Waals surface area contributed by atoms with Gasteiger partial charge in [-0.1, -0.05) is 13.0 Å². The summed E-state index contributed by atoms with van der Waals surface area (Å²) in [5.74, 6) is -2.38. The van der Waals surface area contributed by atoms with Gasteiger partial charge in [0, 0.05) is 41.3 Å². The van der Waals surface area contributed by atoms with Crippen LogP contribution in [0, 0.1) is 5.82 Å². The SMILES string of the molecule is CCc1c(C(=O)N2Cc3cc(-c4ccc(N)nc4)ccc3OC(N)(N)C2)ccc(S(C)(=O)=O)c1F. The Bertz CT molecular complexity index is 1410. The summed E-state index contributed by atoms with van der Waals surface area (Å²) in [6.07, 6.45) is 2.66. The van der Waals surface area contributed by atoms with Crippen molar-refractivity contribution in [3.05, 3.63) is 71.2 Å². The Morgan fingerprint density at radius 2 is 1.89 bits per heavy atom. The van der Waals surface area contributed by atoms with E-state index in [2.05, 4.69) is 4.98 Å². The van der Waals surface area contributed by atoms with Crippen LogP contribution in [0.4, 0.5) is 10.2 Å². The minimum Gasteiger partial charge on any atom is -0.458 e. The van der Waals surface area contributed by atoms with E-state index in [9.17, 15) is 13.2 Å². The number of aromatic nitrogens is 1. The smallest absolute Gasteiger partial charge is 0.254 e. The number of halogens is 1. The van der Waals surface area contributed by atoms with Gasteiger partial charge in [0.15, 0.2) is 9.84 Å². The van der Waals surface area contributed by atoms with E-state index in [4.69, 9.17) is 21.9 Å². The molecule has 184 valence electrons. The molecule has 11 heteroatoms. The molecule has 0 aliphatic carbocycles. The third-order valence-electron chi connectivity index (χ3n) is 5.76. The van der Waals surface area contributed by atoms with Crippen molar-refractivity contribution in [2.24, 2.45) is 11.5 Å². The molecule has 1 aliphatic rings. The Morgan fingerprint density at radius 3 is 2.51 bits per heavy atom. The minimum absolute atomic E-state index is 0.00431. The summed E-state index contributed by atoms with van der Waals surface area (Å²) >= 11 is 0. The Morgan fingerprint density at radius 1 is 1.17 bits per heavy atom. The molecular formula is C24H26FN5O4S. The van der Waals surface area contributed by atoms with E-state index in [1.807, 2.05) is 18.2 Å². The maximum Gasteiger partial charge on any atom is 0.254 e. The monoisotopic (exact) mass is 499 g/mol. The molecule has 1 aliphatic heterocycles. The van der Waals surface area contributed by atoms with Crippen molar-refractivity contribution < 1.29 is 22.3 Å². The number of carbonyl (C=O) groups is 1. The van der Waals surface area contributed by atoms with Crippen LogP contribution >= 0.6 is 0 Å². The number of carbonyl (C=O) groups excluding carboxylic acids is 1. The number of fused-ring (bicyclic) bond motifs is 1. The molecule has 2 aromatic carbocycles. The van der Waals surface area contributed by atoms with Crippen LogP contribution in [0.25, 0.3) is 11.1 Å². The average molecular weight is 500 g/mol. The number of anilines is 1. The van der Waals surface area contributed by atoms with E-state index in [1.165, 1.54) is 11.0 Å². The second-order valence-electron chi connectivity index (χ2n) is 8.54. The molecule has 0 fully saturated rings. The first-order chi connectivity index (χ1) is 16.4. The number of amides is 1. The lowest BCUT2D eigenvalue weighted by atomic mass is 10.0. The lowest BCUT2D eigenvalue weighted by Crippen LogP contribution is -2.61. The highest BCUT2D eigenvalue weighted by Gasteiger charge is 2.34. The molecule has 0 spiro atoms. The summed E-state index contributed by atoms with van der Waals surface area (Å²) < 4.78 is 44.7. The lowest BCUT2D eigenvalue weighted by molar-refractivity contribution is 0.0384. The van der Waals surface area contributed by atoms with Crippen LogP contribution in [-0.4, -0.2) is 42.9 Å². The maximum atomic E-state index is 15.1. The molecule has 0 atom stereocenters. The molecule has 0 saturated carbocycles. The molecule has 4 rings (SSSR count). The van der Waals surface area contributed by atoms with E-state index in [1.54, 1.807) is 25.3 Å². The molecule has 3 aromatic rings. The van der Waals surface area contributed by atoms with Crippen molar-refractivity contribution in [3.63, 3.8) is 0 Å². The number of nitrogens with two attached hydrogens (primary N) is 3. The molecule has 1 aromatic heterocycles. The molecular weight excluding hydrogens is 473 g/mol. The highest BCUT2D eigenvalue weighted by Crippen LogP contribution is 2.32. The molecule has 6 N–H and O–H groups in total. The summed E-state index contributed by atoms with van der Waals surface area (Å²) in [6, 6.07) is 11.3. The fourth-order valence-corrected chi connectivity index (χ4v) is 4.87. The quantitative estimate of drug-likeness (QED) is 0.461. The van der Waals surface area contributed by atoms with Crippen LogP contribution in [0.5, 0.6) is 5.75 Å². The van der Waals surface area contributed by atoms with Crippen molar-refractivity contribution in [1.29, 1.82) is 0 Å². The third kappa shape index (κ3) is 4.97. The van der Waals surface area contributed by atoms with Gasteiger partial charge in [0.1, 0.15) is 22.3 Å². The highest BCUT2D eigenvalue weighted by atomic mass is 32.2. The number of hydrogen-bond acceptors (Lipinski definition) is 8. The fraction of sp³-hybridized carbons (Fsp3) is 0.250. The zero-order chi connectivity index (χ0) is 25.5. The Balaban J connectivity index is 1.75. The van der Waals surface area contributed by atoms with Gasteiger partial charge in [-0.25, -0.2) is 17.8 Å². The van der Waals surface area contributed by atoms with Crippen LogP contribution < -0.4 is 21.9 Å². The van der Waals surface area contributed by atoms with Crippen molar-refractivity contribution in [2.45, 2.75) is 30.6 Å². The first kappa shape index (κ1) is 24.6. The van der Waals surface area contributed by atoms with Crippen molar-refractivity contribution in [1.82, 2.24) is 9.88 Å². The average Bonchev–Trinajstić information content (AvgIpc) is 2.92. The summed E-state index contributed by atoms with van der Waals surface area (Å²) in [6.45, 7) is 1.54. The predicted octanol–water partition coefficient (Wildman–Crippen LogP) is 2.04. The lowest BCUT2D eigenvalue weighted by Gasteiger charge is -2.29. The zero-order valence-electron chi connectivity index (χ0n) is 19.3. The van der Waals surface area contributed by atoms with Gasteiger partial charge in [-0.2, -0.15) is 0 Å². The van der Waals surface area contributed by atoms with Gasteiger partial charge >= 0.3 is 0 Å². The van der Waals surface area contributed by atoms with Crippen LogP contribution in [0.15, 0.2) is 53.6 Å². The van der Waals surface area contributed by atoms with E-state index in [0.29, 0.717) is 17.1 Å². The van der Waals surface area contributed by atoms with Crippen LogP contribution in [0.1, 0.15) is 28.4 Å². The first-order valence-electron chi connectivity index (χ1n) is 10.8. The van der Waals surface area contributed by atoms with Crippen LogP contribution in [0.2, 0.25) is 0 Å². The molecule has 0 radical (unpaired) electrons. The van der Waals surface area contributed by atoms with Crippen LogP contribution in [0.3, 0.4) is 0 Å². The molecule has 0 unspecified atom stereocenters. The summed E-state index contributed by atoms with van der Waals surface area (Å²) in [5.41, 5.74) is 20.2. The fourth-order valence-electron chi connectivity index (χ4n) is 4.10. The van der Waals surface area contributed by atoms with Crippen LogP contribution in [-0.2, 0) is 22.8 Å². The number of ether oxygens (including phenoxy) is 1. The molecule has 35 heavy (non-hydrogen) atoms. The minimum atomic E-state index is -3.80. The number of rotatable bonds is 4. The Labute approximate surface area is 202 Å². The molecule has 1 amide bonds. The largest absolute Gasteiger partial charge is 0.458 e. The summed E-state index contributed by atoms with van der Waals surface area (Å²) in [5, 5.41) is 0. The van der Waals surface area contributed by atoms with Crippen molar-refractivity contribution >= 4 is 21.6 Å². The first-order valence-corrected chi connectivity index (χ1v) is 12.7. The van der Waals surface area contributed by atoms with E-state index in [0.717, 1.165) is 23.4 Å². The van der Waals surface area contributed by atoms with Gasteiger partial charge in [0.25, 0.3) is 5.91 Å². The third-order valence-corrected chi connectivity index (χ3v) is 6.87. The number of pyridine rings is 1. The van der Waals surface area contributed by atoms with Gasteiger partial charge in [-0.15, -0.1) is 0 Å². The second-order valence-corrected chi connectivity index (χ2v) is 10.5. The van der Waals surface area contributed by atoms with Crippen molar-refractivity contribution in [3.8, 4) is 16.9 Å². The highest BCUT2D eigenvalue weighted by molar-refractivity contribution is 7.90. The summed E-state index contributed by atoms with van der Waals surface area (Å²) in [4.78, 5) is 18.6. The number of nitrogens with zero attached hydrogens (tertiary/aromatic N) is 2. The van der Waals surface area contributed by atoms with E-state index < -0.39 is 32.3 Å². The molecule has 0 bridgehead atoms. The van der Waals surface area contributed by atoms with Gasteiger partial charge in [-0.05, 0) is 48.4 Å². The normalized spacial score (nSPS) is 15.2. The summed E-state index contributed by atoms with van der Waals surface area (Å²) in [7, 11) is -3.80. The topological polar surface area (TPSA) is 155 Å². The van der Waals surface area contributed by atoms with Gasteiger partial charge in [0.2, 0.25) is 5.85 Å². The van der Waals surface area contributed by atoms with Gasteiger partial charge in [0.05, 0.1) is 6.54 Å². The standard InChI is InChI=1S/C24H26FN5O4S/c1-3-17-18(6-8-20(22(17)25)35(2,32)33)23(31)30-12-16-10-14(15-5-9-21(26)29-11-15)4-7-19(16)34-24(27,28)13-30/h4-11H,3,12-13,27-28H2,1-2H3,(H2,26,29). The Hall–Kier alpha value is -3.54.